The van der Waals surface area contributed by atoms with E-state index in [4.69, 9.17) is 0 Å². The van der Waals surface area contributed by atoms with Crippen molar-refractivity contribution < 1.29 is 5.11 Å². The Morgan fingerprint density at radius 3 is 2.07 bits per heavy atom. The molecule has 1 atom stereocenters. The zero-order chi connectivity index (χ0) is 11.5. The first kappa shape index (κ1) is 12.3. The van der Waals surface area contributed by atoms with Crippen molar-refractivity contribution in [2.45, 2.75) is 46.6 Å². The third-order valence-corrected chi connectivity index (χ3v) is 2.58. The second-order valence-electron chi connectivity index (χ2n) is 5.38. The van der Waals surface area contributed by atoms with Crippen LogP contribution in [0.3, 0.4) is 0 Å². The van der Waals surface area contributed by atoms with Crippen molar-refractivity contribution in [1.29, 1.82) is 0 Å². The molecular weight excluding hydrogens is 184 g/mol. The first-order valence-corrected chi connectivity index (χ1v) is 5.69. The summed E-state index contributed by atoms with van der Waals surface area (Å²) in [7, 11) is 0. The molecule has 0 aliphatic rings. The van der Waals surface area contributed by atoms with Gasteiger partial charge in [-0.15, -0.1) is 0 Å². The van der Waals surface area contributed by atoms with Gasteiger partial charge >= 0.3 is 0 Å². The maximum absolute atomic E-state index is 10.0. The van der Waals surface area contributed by atoms with Gasteiger partial charge in [-0.25, -0.2) is 0 Å². The van der Waals surface area contributed by atoms with E-state index in [1.165, 1.54) is 5.56 Å². The number of hydrogen-bond donors (Lipinski definition) is 1. The highest BCUT2D eigenvalue weighted by Gasteiger charge is 2.17. The molecule has 0 spiro atoms. The van der Waals surface area contributed by atoms with E-state index in [0.717, 1.165) is 18.4 Å². The van der Waals surface area contributed by atoms with Crippen molar-refractivity contribution in [3.8, 4) is 0 Å². The Morgan fingerprint density at radius 2 is 1.67 bits per heavy atom. The summed E-state index contributed by atoms with van der Waals surface area (Å²) in [6.07, 6.45) is 1.52. The molecule has 0 amide bonds. The summed E-state index contributed by atoms with van der Waals surface area (Å²) in [4.78, 5) is 0. The van der Waals surface area contributed by atoms with E-state index in [9.17, 15) is 5.11 Å². The SMILES string of the molecule is CCc1ccc(C(O)CC(C)(C)C)cc1. The molecule has 0 saturated carbocycles. The normalized spacial score (nSPS) is 13.9. The van der Waals surface area contributed by atoms with E-state index in [2.05, 4.69) is 39.8 Å². The minimum atomic E-state index is -0.337. The molecule has 84 valence electrons. The van der Waals surface area contributed by atoms with Crippen LogP contribution in [0, 0.1) is 5.41 Å². The maximum Gasteiger partial charge on any atom is 0.0795 e. The van der Waals surface area contributed by atoms with Crippen LogP contribution in [0.4, 0.5) is 0 Å². The van der Waals surface area contributed by atoms with Gasteiger partial charge in [-0.2, -0.15) is 0 Å². The van der Waals surface area contributed by atoms with E-state index in [1.807, 2.05) is 12.1 Å². The number of hydrogen-bond acceptors (Lipinski definition) is 1. The third kappa shape index (κ3) is 4.05. The second-order valence-corrected chi connectivity index (χ2v) is 5.38. The molecule has 0 heterocycles. The Balaban J connectivity index is 2.70. The van der Waals surface area contributed by atoms with Crippen LogP contribution in [0.25, 0.3) is 0 Å². The molecule has 0 aliphatic heterocycles. The monoisotopic (exact) mass is 206 g/mol. The number of rotatable bonds is 3. The highest BCUT2D eigenvalue weighted by molar-refractivity contribution is 5.24. The highest BCUT2D eigenvalue weighted by Crippen LogP contribution is 2.29. The molecule has 1 rings (SSSR count). The first-order chi connectivity index (χ1) is 6.92. The van der Waals surface area contributed by atoms with Crippen molar-refractivity contribution in [3.63, 3.8) is 0 Å². The Bertz CT molecular complexity index is 292. The van der Waals surface area contributed by atoms with Crippen LogP contribution < -0.4 is 0 Å². The molecule has 15 heavy (non-hydrogen) atoms. The Labute approximate surface area is 93.1 Å². The van der Waals surface area contributed by atoms with Gasteiger partial charge in [-0.1, -0.05) is 52.0 Å². The van der Waals surface area contributed by atoms with E-state index in [-0.39, 0.29) is 11.5 Å². The molecule has 1 heteroatoms. The molecule has 0 radical (unpaired) electrons. The molecule has 1 N–H and O–H groups in total. The Kier molecular flexibility index (Phi) is 3.92. The van der Waals surface area contributed by atoms with Gasteiger partial charge < -0.3 is 5.11 Å². The third-order valence-electron chi connectivity index (χ3n) is 2.58. The molecule has 1 unspecified atom stereocenters. The molecule has 0 bridgehead atoms. The molecule has 1 aromatic carbocycles. The fourth-order valence-electron chi connectivity index (χ4n) is 1.67. The number of aliphatic hydroxyl groups is 1. The summed E-state index contributed by atoms with van der Waals surface area (Å²) in [6, 6.07) is 8.27. The lowest BCUT2D eigenvalue weighted by molar-refractivity contribution is 0.122. The minimum absolute atomic E-state index is 0.169. The van der Waals surface area contributed by atoms with Crippen molar-refractivity contribution in [2.75, 3.05) is 0 Å². The smallest absolute Gasteiger partial charge is 0.0795 e. The number of aliphatic hydroxyl groups excluding tert-OH is 1. The van der Waals surface area contributed by atoms with E-state index < -0.39 is 0 Å². The van der Waals surface area contributed by atoms with Crippen LogP contribution in [0.1, 0.15) is 51.3 Å². The van der Waals surface area contributed by atoms with E-state index >= 15 is 0 Å². The summed E-state index contributed by atoms with van der Waals surface area (Å²) in [5.74, 6) is 0. The molecule has 1 aromatic rings. The summed E-state index contributed by atoms with van der Waals surface area (Å²) >= 11 is 0. The van der Waals surface area contributed by atoms with E-state index in [1.54, 1.807) is 0 Å². The van der Waals surface area contributed by atoms with Gasteiger partial charge in [0.2, 0.25) is 0 Å². The molecular formula is C14H22O. The summed E-state index contributed by atoms with van der Waals surface area (Å²) in [5.41, 5.74) is 2.52. The van der Waals surface area contributed by atoms with Gasteiger partial charge in [-0.3, -0.25) is 0 Å². The predicted molar refractivity (Wildman–Crippen MR) is 64.9 cm³/mol. The van der Waals surface area contributed by atoms with Crippen LogP contribution in [0.2, 0.25) is 0 Å². The van der Waals surface area contributed by atoms with Crippen molar-refractivity contribution in [2.24, 2.45) is 5.41 Å². The lowest BCUT2D eigenvalue weighted by Gasteiger charge is -2.22. The van der Waals surface area contributed by atoms with Crippen molar-refractivity contribution in [1.82, 2.24) is 0 Å². The minimum Gasteiger partial charge on any atom is -0.388 e. The van der Waals surface area contributed by atoms with Crippen LogP contribution in [-0.2, 0) is 6.42 Å². The average molecular weight is 206 g/mol. The Hall–Kier alpha value is -0.820. The molecule has 0 fully saturated rings. The zero-order valence-electron chi connectivity index (χ0n) is 10.2. The van der Waals surface area contributed by atoms with Crippen LogP contribution in [-0.4, -0.2) is 5.11 Å². The van der Waals surface area contributed by atoms with Crippen LogP contribution in [0.5, 0.6) is 0 Å². The van der Waals surface area contributed by atoms with Crippen LogP contribution >= 0.6 is 0 Å². The predicted octanol–water partition coefficient (Wildman–Crippen LogP) is 3.72. The average Bonchev–Trinajstić information content (AvgIpc) is 2.15. The van der Waals surface area contributed by atoms with Gasteiger partial charge in [0.05, 0.1) is 6.10 Å². The summed E-state index contributed by atoms with van der Waals surface area (Å²) in [6.45, 7) is 8.59. The highest BCUT2D eigenvalue weighted by atomic mass is 16.3. The largest absolute Gasteiger partial charge is 0.388 e. The van der Waals surface area contributed by atoms with Gasteiger partial charge in [0.1, 0.15) is 0 Å². The van der Waals surface area contributed by atoms with Crippen LogP contribution in [0.15, 0.2) is 24.3 Å². The van der Waals surface area contributed by atoms with Crippen molar-refractivity contribution in [3.05, 3.63) is 35.4 Å². The molecule has 0 aliphatic carbocycles. The van der Waals surface area contributed by atoms with Gasteiger partial charge in [0.25, 0.3) is 0 Å². The molecule has 1 nitrogen and oxygen atoms in total. The first-order valence-electron chi connectivity index (χ1n) is 5.69. The molecule has 0 saturated heterocycles. The topological polar surface area (TPSA) is 20.2 Å². The quantitative estimate of drug-likeness (QED) is 0.799. The lowest BCUT2D eigenvalue weighted by atomic mass is 9.87. The van der Waals surface area contributed by atoms with Gasteiger partial charge in [-0.05, 0) is 29.4 Å². The number of benzene rings is 1. The van der Waals surface area contributed by atoms with Gasteiger partial charge in [0, 0.05) is 0 Å². The lowest BCUT2D eigenvalue weighted by Crippen LogP contribution is -2.11. The fourth-order valence-corrected chi connectivity index (χ4v) is 1.67. The summed E-state index contributed by atoms with van der Waals surface area (Å²) in [5, 5.41) is 10.0. The number of aryl methyl sites for hydroxylation is 1. The standard InChI is InChI=1S/C14H22O/c1-5-11-6-8-12(9-7-11)13(15)10-14(2,3)4/h6-9,13,15H,5,10H2,1-4H3. The Morgan fingerprint density at radius 1 is 1.13 bits per heavy atom. The van der Waals surface area contributed by atoms with Gasteiger partial charge in [0.15, 0.2) is 0 Å². The maximum atomic E-state index is 10.0. The van der Waals surface area contributed by atoms with E-state index in [0.29, 0.717) is 0 Å². The second kappa shape index (κ2) is 4.80. The van der Waals surface area contributed by atoms with Crippen molar-refractivity contribution >= 4 is 0 Å². The summed E-state index contributed by atoms with van der Waals surface area (Å²) < 4.78 is 0. The fraction of sp³-hybridized carbons (Fsp3) is 0.571. The molecule has 0 aromatic heterocycles. The zero-order valence-corrected chi connectivity index (χ0v) is 10.2.